The number of fused-ring (bicyclic) bond motifs is 1. The van der Waals surface area contributed by atoms with Crippen molar-refractivity contribution in [3.05, 3.63) is 11.6 Å². The first-order valence-corrected chi connectivity index (χ1v) is 5.83. The van der Waals surface area contributed by atoms with E-state index in [1.54, 1.807) is 0 Å². The maximum Gasteiger partial charge on any atom is 0.0930 e. The Morgan fingerprint density at radius 3 is 2.86 bits per heavy atom. The van der Waals surface area contributed by atoms with E-state index in [4.69, 9.17) is 4.74 Å². The highest BCUT2D eigenvalue weighted by Crippen LogP contribution is 2.31. The molecule has 80 valence electrons. The zero-order chi connectivity index (χ0) is 10.1. The maximum atomic E-state index is 6.08. The van der Waals surface area contributed by atoms with Crippen molar-refractivity contribution in [3.63, 3.8) is 0 Å². The van der Waals surface area contributed by atoms with Gasteiger partial charge >= 0.3 is 0 Å². The highest BCUT2D eigenvalue weighted by atomic mass is 16.5. The molecule has 0 amide bonds. The zero-order valence-electron chi connectivity index (χ0n) is 9.42. The minimum Gasteiger partial charge on any atom is -0.369 e. The summed E-state index contributed by atoms with van der Waals surface area (Å²) in [5.74, 6) is 0. The third-order valence-corrected chi connectivity index (χ3v) is 3.34. The average molecular weight is 195 g/mol. The van der Waals surface area contributed by atoms with Gasteiger partial charge in [-0.1, -0.05) is 25.5 Å². The minimum absolute atomic E-state index is 0.332. The summed E-state index contributed by atoms with van der Waals surface area (Å²) in [5, 5.41) is 3.49. The summed E-state index contributed by atoms with van der Waals surface area (Å²) in [5.41, 5.74) is 1.48. The minimum atomic E-state index is 0.332. The molecule has 2 rings (SSSR count). The average Bonchev–Trinajstić information content (AvgIpc) is 2.92. The van der Waals surface area contributed by atoms with Crippen molar-refractivity contribution in [3.8, 4) is 0 Å². The number of ether oxygens (including phenoxy) is 1. The third kappa shape index (κ3) is 2.01. The second-order valence-electron chi connectivity index (χ2n) is 4.56. The molecule has 3 atom stereocenters. The van der Waals surface area contributed by atoms with Gasteiger partial charge in [0.2, 0.25) is 0 Å². The summed E-state index contributed by atoms with van der Waals surface area (Å²) in [6.45, 7) is 6.61. The van der Waals surface area contributed by atoms with Gasteiger partial charge in [0.15, 0.2) is 0 Å². The van der Waals surface area contributed by atoms with Crippen LogP contribution in [0.5, 0.6) is 0 Å². The molecule has 14 heavy (non-hydrogen) atoms. The summed E-state index contributed by atoms with van der Waals surface area (Å²) < 4.78 is 6.08. The molecule has 0 saturated carbocycles. The van der Waals surface area contributed by atoms with E-state index in [1.807, 2.05) is 0 Å². The molecule has 1 fully saturated rings. The lowest BCUT2D eigenvalue weighted by molar-refractivity contribution is 0.00621. The second-order valence-corrected chi connectivity index (χ2v) is 4.56. The number of hydrogen-bond acceptors (Lipinski definition) is 2. The van der Waals surface area contributed by atoms with Crippen molar-refractivity contribution < 1.29 is 4.74 Å². The lowest BCUT2D eigenvalue weighted by Gasteiger charge is -2.23. The molecule has 0 aromatic rings. The molecule has 1 saturated heterocycles. The van der Waals surface area contributed by atoms with E-state index < -0.39 is 0 Å². The zero-order valence-corrected chi connectivity index (χ0v) is 9.42. The van der Waals surface area contributed by atoms with Crippen LogP contribution in [0, 0.1) is 0 Å². The molecule has 0 unspecified atom stereocenters. The van der Waals surface area contributed by atoms with Crippen molar-refractivity contribution >= 4 is 0 Å². The van der Waals surface area contributed by atoms with Crippen LogP contribution in [0.15, 0.2) is 11.6 Å². The van der Waals surface area contributed by atoms with E-state index in [2.05, 4.69) is 32.2 Å². The molecule has 0 radical (unpaired) electrons. The number of hydrogen-bond donors (Lipinski definition) is 1. The fraction of sp³-hybridized carbons (Fsp3) is 0.833. The van der Waals surface area contributed by atoms with Crippen LogP contribution in [0.4, 0.5) is 0 Å². The summed E-state index contributed by atoms with van der Waals surface area (Å²) in [7, 11) is 0. The van der Waals surface area contributed by atoms with Crippen LogP contribution in [-0.2, 0) is 4.74 Å². The first-order valence-electron chi connectivity index (χ1n) is 5.83. The van der Waals surface area contributed by atoms with Gasteiger partial charge in [0.05, 0.1) is 18.2 Å². The normalized spacial score (nSPS) is 35.4. The summed E-state index contributed by atoms with van der Waals surface area (Å²) in [4.78, 5) is 0. The number of rotatable bonds is 4. The van der Waals surface area contributed by atoms with Crippen LogP contribution >= 0.6 is 0 Å². The fourth-order valence-electron chi connectivity index (χ4n) is 2.33. The summed E-state index contributed by atoms with van der Waals surface area (Å²) >= 11 is 0. The van der Waals surface area contributed by atoms with Crippen molar-refractivity contribution in [2.24, 2.45) is 0 Å². The Morgan fingerprint density at radius 2 is 2.21 bits per heavy atom. The monoisotopic (exact) mass is 195 g/mol. The highest BCUT2D eigenvalue weighted by Gasteiger charge is 2.45. The van der Waals surface area contributed by atoms with Gasteiger partial charge in [-0.3, -0.25) is 0 Å². The number of nitrogens with one attached hydrogen (secondary N) is 1. The highest BCUT2D eigenvalue weighted by molar-refractivity contribution is 5.23. The van der Waals surface area contributed by atoms with Gasteiger partial charge < -0.3 is 10.1 Å². The van der Waals surface area contributed by atoms with Crippen LogP contribution in [0.25, 0.3) is 0 Å². The lowest BCUT2D eigenvalue weighted by atomic mass is 9.98. The van der Waals surface area contributed by atoms with E-state index in [0.29, 0.717) is 24.3 Å². The Kier molecular flexibility index (Phi) is 2.93. The smallest absolute Gasteiger partial charge is 0.0930 e. The summed E-state index contributed by atoms with van der Waals surface area (Å²) in [6.07, 6.45) is 6.53. The van der Waals surface area contributed by atoms with Gasteiger partial charge in [-0.25, -0.2) is 0 Å². The van der Waals surface area contributed by atoms with Crippen LogP contribution in [0.3, 0.4) is 0 Å². The molecule has 1 N–H and O–H groups in total. The predicted octanol–water partition coefficient (Wildman–Crippen LogP) is 2.25. The molecule has 0 aromatic heterocycles. The lowest BCUT2D eigenvalue weighted by Crippen LogP contribution is -2.28. The Hall–Kier alpha value is -0.340. The SMILES string of the molecule is CCC(CC)O[C@@H]1C=C(C)C[C@H]2N[C@H]21. The molecule has 0 aromatic carbocycles. The molecule has 1 heterocycles. The maximum absolute atomic E-state index is 6.08. The van der Waals surface area contributed by atoms with Gasteiger partial charge in [0.25, 0.3) is 0 Å². The van der Waals surface area contributed by atoms with E-state index in [-0.39, 0.29) is 0 Å². The second kappa shape index (κ2) is 4.03. The first-order chi connectivity index (χ1) is 6.74. The van der Waals surface area contributed by atoms with Crippen molar-refractivity contribution in [2.75, 3.05) is 0 Å². The van der Waals surface area contributed by atoms with E-state index in [0.717, 1.165) is 12.8 Å². The van der Waals surface area contributed by atoms with E-state index in [1.165, 1.54) is 12.0 Å². The summed E-state index contributed by atoms with van der Waals surface area (Å²) in [6, 6.07) is 1.32. The molecular weight excluding hydrogens is 174 g/mol. The molecule has 2 nitrogen and oxygen atoms in total. The topological polar surface area (TPSA) is 31.2 Å². The molecule has 2 heteroatoms. The molecule has 2 aliphatic rings. The van der Waals surface area contributed by atoms with E-state index in [9.17, 15) is 0 Å². The largest absolute Gasteiger partial charge is 0.369 e. The van der Waals surface area contributed by atoms with E-state index >= 15 is 0 Å². The van der Waals surface area contributed by atoms with Gasteiger partial charge in [0.1, 0.15) is 0 Å². The quantitative estimate of drug-likeness (QED) is 0.551. The third-order valence-electron chi connectivity index (χ3n) is 3.34. The molecule has 0 bridgehead atoms. The van der Waals surface area contributed by atoms with Gasteiger partial charge in [-0.05, 0) is 26.2 Å². The Balaban J connectivity index is 1.93. The van der Waals surface area contributed by atoms with Crippen molar-refractivity contribution in [1.29, 1.82) is 0 Å². The van der Waals surface area contributed by atoms with Crippen LogP contribution in [-0.4, -0.2) is 24.3 Å². The Bertz CT molecular complexity index is 232. The molecule has 1 aliphatic carbocycles. The van der Waals surface area contributed by atoms with Crippen LogP contribution in [0.1, 0.15) is 40.0 Å². The van der Waals surface area contributed by atoms with Crippen molar-refractivity contribution in [1.82, 2.24) is 5.32 Å². The van der Waals surface area contributed by atoms with Crippen LogP contribution < -0.4 is 5.32 Å². The Morgan fingerprint density at radius 1 is 1.50 bits per heavy atom. The molecular formula is C12H21NO. The first kappa shape index (κ1) is 10.2. The van der Waals surface area contributed by atoms with Crippen molar-refractivity contribution in [2.45, 2.75) is 64.3 Å². The molecule has 1 aliphatic heterocycles. The predicted molar refractivity (Wildman–Crippen MR) is 58.3 cm³/mol. The van der Waals surface area contributed by atoms with Gasteiger partial charge in [-0.2, -0.15) is 0 Å². The standard InChI is InChI=1S/C12H21NO/c1-4-9(5-2)14-11-7-8(3)6-10-12(11)13-10/h7,9-13H,4-6H2,1-3H3/t10-,11-,12-/m1/s1. The van der Waals surface area contributed by atoms with Crippen LogP contribution in [0.2, 0.25) is 0 Å². The molecule has 0 spiro atoms. The fourth-order valence-corrected chi connectivity index (χ4v) is 2.33. The van der Waals surface area contributed by atoms with Gasteiger partial charge in [0, 0.05) is 6.04 Å². The van der Waals surface area contributed by atoms with Gasteiger partial charge in [-0.15, -0.1) is 0 Å². The Labute approximate surface area is 86.7 Å².